The number of rotatable bonds is 6. The van der Waals surface area contributed by atoms with Gasteiger partial charge in [0.1, 0.15) is 18.2 Å². The predicted octanol–water partition coefficient (Wildman–Crippen LogP) is 4.57. The van der Waals surface area contributed by atoms with Crippen LogP contribution in [0.5, 0.6) is 11.6 Å². The molecule has 1 unspecified atom stereocenters. The van der Waals surface area contributed by atoms with Crippen LogP contribution in [-0.4, -0.2) is 48.2 Å². The van der Waals surface area contributed by atoms with Crippen LogP contribution < -0.4 is 9.47 Å². The molecule has 1 atom stereocenters. The van der Waals surface area contributed by atoms with Gasteiger partial charge in [0.2, 0.25) is 5.88 Å². The van der Waals surface area contributed by atoms with Crippen LogP contribution in [0.4, 0.5) is 4.39 Å². The van der Waals surface area contributed by atoms with E-state index in [1.54, 1.807) is 32.5 Å². The van der Waals surface area contributed by atoms with Crippen LogP contribution in [-0.2, 0) is 10.6 Å². The number of hydrogen-bond donors (Lipinski definition) is 1. The van der Waals surface area contributed by atoms with E-state index in [0.29, 0.717) is 23.8 Å². The maximum Gasteiger partial charge on any atom is 0.260 e. The molecule has 35 heavy (non-hydrogen) atoms. The Labute approximate surface area is 203 Å². The summed E-state index contributed by atoms with van der Waals surface area (Å²) in [7, 11) is 3.23. The van der Waals surface area contributed by atoms with Crippen molar-refractivity contribution in [3.05, 3.63) is 83.3 Å². The van der Waals surface area contributed by atoms with Gasteiger partial charge in [0.05, 0.1) is 14.2 Å². The lowest BCUT2D eigenvalue weighted by molar-refractivity contribution is -0.137. The number of hydrogen-bond acceptors (Lipinski definition) is 7. The standard InChI is InChI=1S/C27H26FN3O4/c1-33-24-15-18(5-10-23(24)19-11-12-29-25(16-19)34-2)14-20-4-3-13-31-26(20)30-35-27(31,17-32)21-6-8-22(28)9-7-21/h5-12,14-16,32H,3-4,13,17H2,1-2H3. The van der Waals surface area contributed by atoms with Crippen LogP contribution in [0.25, 0.3) is 17.2 Å². The molecule has 8 heteroatoms. The molecule has 0 aliphatic carbocycles. The first-order chi connectivity index (χ1) is 17.1. The van der Waals surface area contributed by atoms with Gasteiger partial charge < -0.3 is 24.3 Å². The maximum atomic E-state index is 13.5. The fourth-order valence-electron chi connectivity index (χ4n) is 4.63. The predicted molar refractivity (Wildman–Crippen MR) is 130 cm³/mol. The Morgan fingerprint density at radius 2 is 1.94 bits per heavy atom. The molecule has 3 aromatic rings. The number of benzene rings is 2. The van der Waals surface area contributed by atoms with Crippen molar-refractivity contribution in [3.63, 3.8) is 0 Å². The second kappa shape index (κ2) is 9.38. The number of methoxy groups -OCH3 is 2. The van der Waals surface area contributed by atoms with E-state index in [-0.39, 0.29) is 12.4 Å². The van der Waals surface area contributed by atoms with Crippen LogP contribution in [0.2, 0.25) is 0 Å². The minimum atomic E-state index is -1.16. The van der Waals surface area contributed by atoms with E-state index < -0.39 is 5.72 Å². The van der Waals surface area contributed by atoms with Crippen molar-refractivity contribution in [2.24, 2.45) is 5.16 Å². The van der Waals surface area contributed by atoms with Gasteiger partial charge in [0, 0.05) is 29.9 Å². The Bertz CT molecular complexity index is 1290. The monoisotopic (exact) mass is 475 g/mol. The summed E-state index contributed by atoms with van der Waals surface area (Å²) < 4.78 is 24.4. The Kier molecular flexibility index (Phi) is 6.13. The van der Waals surface area contributed by atoms with E-state index >= 15 is 0 Å². The summed E-state index contributed by atoms with van der Waals surface area (Å²) in [5.41, 5.74) is 3.31. The van der Waals surface area contributed by atoms with Gasteiger partial charge in [-0.15, -0.1) is 0 Å². The molecule has 0 saturated carbocycles. The highest BCUT2D eigenvalue weighted by atomic mass is 19.1. The second-order valence-electron chi connectivity index (χ2n) is 8.43. The highest BCUT2D eigenvalue weighted by Gasteiger charge is 2.49. The van der Waals surface area contributed by atoms with Crippen molar-refractivity contribution < 1.29 is 23.8 Å². The number of aromatic nitrogens is 1. The summed E-state index contributed by atoms with van der Waals surface area (Å²) in [6.45, 7) is 0.358. The molecular weight excluding hydrogens is 449 g/mol. The number of piperidine rings is 1. The minimum Gasteiger partial charge on any atom is -0.496 e. The SMILES string of the molecule is COc1cc(-c2ccc(C=C3CCCN4C3=NOC4(CO)c3ccc(F)cc3)cc2OC)ccn1. The fourth-order valence-corrected chi connectivity index (χ4v) is 4.63. The molecule has 180 valence electrons. The molecule has 0 spiro atoms. The van der Waals surface area contributed by atoms with Crippen LogP contribution in [0, 0.1) is 5.82 Å². The number of nitrogens with zero attached hydrogens (tertiary/aromatic N) is 3. The topological polar surface area (TPSA) is 76.4 Å². The zero-order valence-corrected chi connectivity index (χ0v) is 19.6. The molecule has 2 aliphatic rings. The van der Waals surface area contributed by atoms with Crippen LogP contribution in [0.15, 0.2) is 71.5 Å². The van der Waals surface area contributed by atoms with Gasteiger partial charge in [0.15, 0.2) is 5.84 Å². The van der Waals surface area contributed by atoms with Gasteiger partial charge >= 0.3 is 0 Å². The first kappa shape index (κ1) is 22.9. The Morgan fingerprint density at radius 3 is 2.69 bits per heavy atom. The van der Waals surface area contributed by atoms with E-state index in [9.17, 15) is 9.50 Å². The van der Waals surface area contributed by atoms with E-state index in [0.717, 1.165) is 40.9 Å². The largest absolute Gasteiger partial charge is 0.496 e. The van der Waals surface area contributed by atoms with Gasteiger partial charge in [-0.2, -0.15) is 0 Å². The highest BCUT2D eigenvalue weighted by molar-refractivity contribution is 6.03. The molecule has 1 aromatic heterocycles. The average Bonchev–Trinajstić information content (AvgIpc) is 3.30. The van der Waals surface area contributed by atoms with Crippen molar-refractivity contribution >= 4 is 11.9 Å². The van der Waals surface area contributed by atoms with E-state index in [4.69, 9.17) is 14.3 Å². The minimum absolute atomic E-state index is 0.309. The number of halogens is 1. The number of aliphatic hydroxyl groups is 1. The van der Waals surface area contributed by atoms with Crippen molar-refractivity contribution in [2.75, 3.05) is 27.4 Å². The van der Waals surface area contributed by atoms with Gasteiger partial charge in [0.25, 0.3) is 5.72 Å². The number of amidine groups is 1. The van der Waals surface area contributed by atoms with Gasteiger partial charge in [-0.05, 0) is 72.0 Å². The molecule has 0 bridgehead atoms. The summed E-state index contributed by atoms with van der Waals surface area (Å²) in [4.78, 5) is 12.0. The van der Waals surface area contributed by atoms with Gasteiger partial charge in [-0.3, -0.25) is 0 Å². The van der Waals surface area contributed by atoms with E-state index in [1.165, 1.54) is 12.1 Å². The normalized spacial score (nSPS) is 20.3. The van der Waals surface area contributed by atoms with Crippen molar-refractivity contribution in [1.29, 1.82) is 0 Å². The highest BCUT2D eigenvalue weighted by Crippen LogP contribution is 2.40. The lowest BCUT2D eigenvalue weighted by atomic mass is 9.94. The third-order valence-corrected chi connectivity index (χ3v) is 6.42. The summed E-state index contributed by atoms with van der Waals surface area (Å²) in [6.07, 6.45) is 5.44. The number of fused-ring (bicyclic) bond motifs is 1. The second-order valence-corrected chi connectivity index (χ2v) is 8.43. The smallest absolute Gasteiger partial charge is 0.260 e. The van der Waals surface area contributed by atoms with Gasteiger partial charge in [-0.25, -0.2) is 9.37 Å². The van der Waals surface area contributed by atoms with Crippen LogP contribution in [0.3, 0.4) is 0 Å². The van der Waals surface area contributed by atoms with Crippen molar-refractivity contribution in [1.82, 2.24) is 9.88 Å². The summed E-state index contributed by atoms with van der Waals surface area (Å²) in [5, 5.41) is 14.7. The first-order valence-electron chi connectivity index (χ1n) is 11.4. The third kappa shape index (κ3) is 4.10. The first-order valence-corrected chi connectivity index (χ1v) is 11.4. The summed E-state index contributed by atoms with van der Waals surface area (Å²) in [5.74, 6) is 1.59. The molecule has 2 aromatic carbocycles. The zero-order chi connectivity index (χ0) is 24.4. The lowest BCUT2D eigenvalue weighted by Gasteiger charge is -2.38. The Balaban J connectivity index is 1.46. The molecule has 5 rings (SSSR count). The fraction of sp³-hybridized carbons (Fsp3) is 0.259. The van der Waals surface area contributed by atoms with E-state index in [2.05, 4.69) is 16.2 Å². The molecule has 1 N–H and O–H groups in total. The van der Waals surface area contributed by atoms with E-state index in [1.807, 2.05) is 35.2 Å². The maximum absolute atomic E-state index is 13.5. The molecule has 3 heterocycles. The van der Waals surface area contributed by atoms with Crippen LogP contribution in [0.1, 0.15) is 24.0 Å². The van der Waals surface area contributed by atoms with Crippen LogP contribution >= 0.6 is 0 Å². The molecular formula is C27H26FN3O4. The molecule has 0 radical (unpaired) electrons. The molecule has 0 amide bonds. The zero-order valence-electron chi connectivity index (χ0n) is 19.6. The van der Waals surface area contributed by atoms with Gasteiger partial charge in [-0.1, -0.05) is 17.3 Å². The molecule has 1 saturated heterocycles. The third-order valence-electron chi connectivity index (χ3n) is 6.42. The lowest BCUT2D eigenvalue weighted by Crippen LogP contribution is -2.51. The quantitative estimate of drug-likeness (QED) is 0.563. The summed E-state index contributed by atoms with van der Waals surface area (Å²) >= 11 is 0. The van der Waals surface area contributed by atoms with Crippen molar-refractivity contribution in [3.8, 4) is 22.8 Å². The Hall–Kier alpha value is -3.91. The number of ether oxygens (including phenoxy) is 2. The van der Waals surface area contributed by atoms with Crippen molar-refractivity contribution in [2.45, 2.75) is 18.6 Å². The average molecular weight is 476 g/mol. The summed E-state index contributed by atoms with van der Waals surface area (Å²) in [6, 6.07) is 15.7. The number of aliphatic hydroxyl groups excluding tert-OH is 1. The molecule has 2 aliphatic heterocycles. The molecule has 1 fully saturated rings. The molecule has 7 nitrogen and oxygen atoms in total. The Morgan fingerprint density at radius 1 is 1.11 bits per heavy atom. The number of pyridine rings is 1. The number of oxime groups is 1.